The molecule has 1 aliphatic rings. The summed E-state index contributed by atoms with van der Waals surface area (Å²) in [5.41, 5.74) is 2.05. The number of rotatable bonds is 4. The van der Waals surface area contributed by atoms with Gasteiger partial charge in [0.1, 0.15) is 5.82 Å². The number of amides is 2. The van der Waals surface area contributed by atoms with Crippen LogP contribution in [-0.4, -0.2) is 46.6 Å². The Morgan fingerprint density at radius 2 is 2.15 bits per heavy atom. The van der Waals surface area contributed by atoms with Gasteiger partial charge in [-0.05, 0) is 47.7 Å². The van der Waals surface area contributed by atoms with E-state index in [1.54, 1.807) is 6.20 Å². The van der Waals surface area contributed by atoms with E-state index < -0.39 is 0 Å². The van der Waals surface area contributed by atoms with Gasteiger partial charge in [-0.1, -0.05) is 32.9 Å². The summed E-state index contributed by atoms with van der Waals surface area (Å²) in [5.74, 6) is 1.12. The molecule has 0 radical (unpaired) electrons. The zero-order chi connectivity index (χ0) is 19.4. The van der Waals surface area contributed by atoms with Crippen molar-refractivity contribution >= 4 is 29.1 Å². The van der Waals surface area contributed by atoms with Crippen LogP contribution in [0.2, 0.25) is 5.28 Å². The average molecular weight is 388 g/mol. The summed E-state index contributed by atoms with van der Waals surface area (Å²) in [6.45, 7) is 8.43. The molecule has 6 nitrogen and oxygen atoms in total. The molecule has 27 heavy (non-hydrogen) atoms. The maximum atomic E-state index is 12.9. The number of benzene rings is 1. The fourth-order valence-electron chi connectivity index (χ4n) is 3.41. The number of carbonyl (C=O) groups is 1. The van der Waals surface area contributed by atoms with Gasteiger partial charge in [0.15, 0.2) is 0 Å². The average Bonchev–Trinajstić information content (AvgIpc) is 2.67. The van der Waals surface area contributed by atoms with Gasteiger partial charge in [0, 0.05) is 31.5 Å². The fraction of sp³-hybridized carbons (Fsp3) is 0.450. The second-order valence-corrected chi connectivity index (χ2v) is 7.46. The smallest absolute Gasteiger partial charge is 0.322 e. The van der Waals surface area contributed by atoms with Crippen molar-refractivity contribution in [1.82, 2.24) is 14.9 Å². The molecule has 1 atom stereocenters. The van der Waals surface area contributed by atoms with Crippen LogP contribution < -0.4 is 10.2 Å². The SMILES string of the molecule is CCc1cccc(NC(=O)N2CCN(c3ccnc(Cl)n3)CC2C(C)C)c1. The van der Waals surface area contributed by atoms with E-state index in [9.17, 15) is 4.79 Å². The van der Waals surface area contributed by atoms with E-state index in [1.165, 1.54) is 5.56 Å². The van der Waals surface area contributed by atoms with E-state index in [2.05, 4.69) is 47.0 Å². The number of hydrogen-bond donors (Lipinski definition) is 1. The van der Waals surface area contributed by atoms with Crippen LogP contribution in [0.4, 0.5) is 16.3 Å². The second-order valence-electron chi connectivity index (χ2n) is 7.12. The highest BCUT2D eigenvalue weighted by Gasteiger charge is 2.33. The molecule has 1 aromatic heterocycles. The van der Waals surface area contributed by atoms with E-state index in [0.29, 0.717) is 25.6 Å². The number of halogens is 1. The molecule has 2 amide bonds. The van der Waals surface area contributed by atoms with Crippen LogP contribution in [-0.2, 0) is 6.42 Å². The van der Waals surface area contributed by atoms with E-state index >= 15 is 0 Å². The molecule has 7 heteroatoms. The molecule has 1 unspecified atom stereocenters. The monoisotopic (exact) mass is 387 g/mol. The third-order valence-corrected chi connectivity index (χ3v) is 5.15. The first kappa shape index (κ1) is 19.4. The third-order valence-electron chi connectivity index (χ3n) is 4.97. The van der Waals surface area contributed by atoms with Gasteiger partial charge < -0.3 is 15.1 Å². The maximum absolute atomic E-state index is 12.9. The Kier molecular flexibility index (Phi) is 6.16. The van der Waals surface area contributed by atoms with Gasteiger partial charge in [-0.3, -0.25) is 0 Å². The summed E-state index contributed by atoms with van der Waals surface area (Å²) in [5, 5.41) is 3.30. The summed E-state index contributed by atoms with van der Waals surface area (Å²) < 4.78 is 0. The van der Waals surface area contributed by atoms with Crippen LogP contribution in [0.1, 0.15) is 26.3 Å². The Labute approximate surface area is 165 Å². The molecule has 1 saturated heterocycles. The van der Waals surface area contributed by atoms with Crippen molar-refractivity contribution in [3.63, 3.8) is 0 Å². The molecule has 1 aromatic carbocycles. The molecule has 3 rings (SSSR count). The summed E-state index contributed by atoms with van der Waals surface area (Å²) in [7, 11) is 0. The summed E-state index contributed by atoms with van der Waals surface area (Å²) in [4.78, 5) is 25.3. The van der Waals surface area contributed by atoms with Gasteiger partial charge >= 0.3 is 6.03 Å². The minimum absolute atomic E-state index is 0.0534. The first-order valence-electron chi connectivity index (χ1n) is 9.38. The van der Waals surface area contributed by atoms with E-state index in [4.69, 9.17) is 11.6 Å². The van der Waals surface area contributed by atoms with Crippen LogP contribution in [0.15, 0.2) is 36.5 Å². The molecule has 1 fully saturated rings. The number of urea groups is 1. The molecule has 144 valence electrons. The largest absolute Gasteiger partial charge is 0.353 e. The molecule has 0 saturated carbocycles. The highest BCUT2D eigenvalue weighted by molar-refractivity contribution is 6.28. The lowest BCUT2D eigenvalue weighted by Crippen LogP contribution is -2.58. The molecular weight excluding hydrogens is 362 g/mol. The highest BCUT2D eigenvalue weighted by atomic mass is 35.5. The van der Waals surface area contributed by atoms with Gasteiger partial charge in [0.05, 0.1) is 6.04 Å². The lowest BCUT2D eigenvalue weighted by molar-refractivity contribution is 0.156. The molecule has 2 heterocycles. The molecule has 0 spiro atoms. The number of anilines is 2. The maximum Gasteiger partial charge on any atom is 0.322 e. The van der Waals surface area contributed by atoms with Crippen molar-refractivity contribution < 1.29 is 4.79 Å². The zero-order valence-corrected chi connectivity index (χ0v) is 16.8. The van der Waals surface area contributed by atoms with Gasteiger partial charge in [0.2, 0.25) is 5.28 Å². The molecule has 2 aromatic rings. The quantitative estimate of drug-likeness (QED) is 0.803. The minimum Gasteiger partial charge on any atom is -0.353 e. The summed E-state index contributed by atoms with van der Waals surface area (Å²) >= 11 is 5.93. The van der Waals surface area contributed by atoms with Gasteiger partial charge in [-0.25, -0.2) is 14.8 Å². The number of aryl methyl sites for hydroxylation is 1. The molecule has 0 aliphatic carbocycles. The van der Waals surface area contributed by atoms with Crippen molar-refractivity contribution in [2.24, 2.45) is 5.92 Å². The summed E-state index contributed by atoms with van der Waals surface area (Å²) in [6, 6.07) is 9.89. The number of aromatic nitrogens is 2. The first-order chi connectivity index (χ1) is 13.0. The van der Waals surface area contributed by atoms with Crippen LogP contribution >= 0.6 is 11.6 Å². The van der Waals surface area contributed by atoms with Crippen LogP contribution in [0.5, 0.6) is 0 Å². The lowest BCUT2D eigenvalue weighted by Gasteiger charge is -2.43. The molecule has 1 aliphatic heterocycles. The van der Waals surface area contributed by atoms with Crippen molar-refractivity contribution in [2.75, 3.05) is 29.9 Å². The number of nitrogens with zero attached hydrogens (tertiary/aromatic N) is 4. The number of hydrogen-bond acceptors (Lipinski definition) is 4. The van der Waals surface area contributed by atoms with Crippen molar-refractivity contribution in [3.05, 3.63) is 47.4 Å². The normalized spacial score (nSPS) is 17.3. The Morgan fingerprint density at radius 3 is 2.85 bits per heavy atom. The predicted octanol–water partition coefficient (Wildman–Crippen LogP) is 4.07. The van der Waals surface area contributed by atoms with E-state index in [-0.39, 0.29) is 17.4 Å². The number of piperazine rings is 1. The van der Waals surface area contributed by atoms with E-state index in [1.807, 2.05) is 29.2 Å². The lowest BCUT2D eigenvalue weighted by atomic mass is 10.00. The molecule has 0 bridgehead atoms. The molecule has 1 N–H and O–H groups in total. The van der Waals surface area contributed by atoms with Crippen LogP contribution in [0.3, 0.4) is 0 Å². The highest BCUT2D eigenvalue weighted by Crippen LogP contribution is 2.23. The van der Waals surface area contributed by atoms with E-state index in [0.717, 1.165) is 17.9 Å². The second kappa shape index (κ2) is 8.57. The summed E-state index contributed by atoms with van der Waals surface area (Å²) in [6.07, 6.45) is 2.60. The van der Waals surface area contributed by atoms with Gasteiger partial charge in [-0.2, -0.15) is 0 Å². The number of nitrogens with one attached hydrogen (secondary N) is 1. The van der Waals surface area contributed by atoms with Crippen molar-refractivity contribution in [1.29, 1.82) is 0 Å². The Balaban J connectivity index is 1.72. The standard InChI is InChI=1S/C20H26ClN5O/c1-4-15-6-5-7-16(12-15)23-20(27)26-11-10-25(13-17(26)14(2)3)18-8-9-22-19(21)24-18/h5-9,12,14,17H,4,10-11,13H2,1-3H3,(H,23,27). The number of carbonyl (C=O) groups excluding carboxylic acids is 1. The third kappa shape index (κ3) is 4.69. The van der Waals surface area contributed by atoms with Crippen LogP contribution in [0.25, 0.3) is 0 Å². The first-order valence-corrected chi connectivity index (χ1v) is 9.75. The van der Waals surface area contributed by atoms with Crippen molar-refractivity contribution in [3.8, 4) is 0 Å². The minimum atomic E-state index is -0.0534. The Bertz CT molecular complexity index is 797. The Hall–Kier alpha value is -2.34. The van der Waals surface area contributed by atoms with Crippen LogP contribution in [0, 0.1) is 5.92 Å². The van der Waals surface area contributed by atoms with Crippen molar-refractivity contribution in [2.45, 2.75) is 33.2 Å². The van der Waals surface area contributed by atoms with Gasteiger partial charge in [0.25, 0.3) is 0 Å². The fourth-order valence-corrected chi connectivity index (χ4v) is 3.55. The predicted molar refractivity (Wildman–Crippen MR) is 109 cm³/mol. The van der Waals surface area contributed by atoms with Gasteiger partial charge in [-0.15, -0.1) is 0 Å². The molecular formula is C20H26ClN5O. The Morgan fingerprint density at radius 1 is 1.33 bits per heavy atom. The zero-order valence-electron chi connectivity index (χ0n) is 16.0. The topological polar surface area (TPSA) is 61.4 Å².